The lowest BCUT2D eigenvalue weighted by Gasteiger charge is -2.19. The van der Waals surface area contributed by atoms with Crippen LogP contribution in [0.25, 0.3) is 10.9 Å². The zero-order chi connectivity index (χ0) is 17.9. The molecule has 0 atom stereocenters. The van der Waals surface area contributed by atoms with Crippen molar-refractivity contribution in [3.05, 3.63) is 65.6 Å². The molecule has 4 rings (SSSR count). The topological polar surface area (TPSA) is 47.4 Å². The quantitative estimate of drug-likeness (QED) is 0.718. The molecule has 5 heteroatoms. The number of rotatable bonds is 3. The Morgan fingerprint density at radius 2 is 2.00 bits per heavy atom. The van der Waals surface area contributed by atoms with Gasteiger partial charge in [-0.1, -0.05) is 18.2 Å². The number of ether oxygens (including phenoxy) is 1. The smallest absolute Gasteiger partial charge is 0.410 e. The Morgan fingerprint density at radius 3 is 2.81 bits per heavy atom. The number of nitrogens with zero attached hydrogens (tertiary/aromatic N) is 3. The lowest BCUT2D eigenvalue weighted by molar-refractivity contribution is 0.105. The van der Waals surface area contributed by atoms with Crippen molar-refractivity contribution < 1.29 is 9.53 Å². The molecule has 0 fully saturated rings. The fraction of sp³-hybridized carbons (Fsp3) is 0.333. The van der Waals surface area contributed by atoms with E-state index in [1.807, 2.05) is 24.2 Å². The summed E-state index contributed by atoms with van der Waals surface area (Å²) in [5.74, 6) is 0. The molecule has 0 saturated heterocycles. The molecule has 0 aliphatic carbocycles. The summed E-state index contributed by atoms with van der Waals surface area (Å²) >= 11 is 0. The Hall–Kier alpha value is -2.82. The number of carbonyl (C=O) groups excluding carboxylic acids is 1. The van der Waals surface area contributed by atoms with E-state index in [1.54, 1.807) is 0 Å². The Balaban J connectivity index is 1.78. The van der Waals surface area contributed by atoms with Gasteiger partial charge in [-0.25, -0.2) is 4.79 Å². The van der Waals surface area contributed by atoms with Crippen LogP contribution in [0.4, 0.5) is 4.79 Å². The number of hydrogen-bond donors (Lipinski definition) is 0. The van der Waals surface area contributed by atoms with Crippen molar-refractivity contribution in [1.82, 2.24) is 14.5 Å². The zero-order valence-electron chi connectivity index (χ0n) is 15.0. The summed E-state index contributed by atoms with van der Waals surface area (Å²) in [7, 11) is 0. The Morgan fingerprint density at radius 1 is 1.19 bits per heavy atom. The third kappa shape index (κ3) is 3.05. The van der Waals surface area contributed by atoms with E-state index in [0.717, 1.165) is 25.9 Å². The average Bonchev–Trinajstić information content (AvgIpc) is 2.83. The highest BCUT2D eigenvalue weighted by Crippen LogP contribution is 2.31. The van der Waals surface area contributed by atoms with E-state index in [0.29, 0.717) is 13.2 Å². The van der Waals surface area contributed by atoms with Gasteiger partial charge in [0.1, 0.15) is 0 Å². The largest absolute Gasteiger partial charge is 0.450 e. The summed E-state index contributed by atoms with van der Waals surface area (Å²) in [5, 5.41) is 1.23. The van der Waals surface area contributed by atoms with Gasteiger partial charge in [0.2, 0.25) is 0 Å². The lowest BCUT2D eigenvalue weighted by atomic mass is 10.1. The normalized spacial score (nSPS) is 14.1. The minimum absolute atomic E-state index is 0.216. The van der Waals surface area contributed by atoms with Crippen LogP contribution in [0.15, 0.2) is 48.8 Å². The van der Waals surface area contributed by atoms with Crippen LogP contribution in [0, 0.1) is 0 Å². The summed E-state index contributed by atoms with van der Waals surface area (Å²) in [6, 6.07) is 12.6. The molecule has 0 N–H and O–H groups in total. The second kappa shape index (κ2) is 7.20. The van der Waals surface area contributed by atoms with Gasteiger partial charge in [-0.05, 0) is 43.5 Å². The molecular weight excluding hydrogens is 326 g/mol. The van der Waals surface area contributed by atoms with E-state index in [-0.39, 0.29) is 6.09 Å². The van der Waals surface area contributed by atoms with Crippen molar-refractivity contribution in [2.24, 2.45) is 0 Å². The van der Waals surface area contributed by atoms with Gasteiger partial charge in [0.15, 0.2) is 0 Å². The fourth-order valence-electron chi connectivity index (χ4n) is 3.82. The standard InChI is InChI=1S/C21H23N3O2/c1-2-26-21(25)23-13-5-8-20-18(15-23)17-6-3-4-7-19(17)24(20)14-16-9-11-22-12-10-16/h3-4,6-7,9-12H,2,5,8,13-15H2,1H3. The summed E-state index contributed by atoms with van der Waals surface area (Å²) in [4.78, 5) is 18.2. The minimum Gasteiger partial charge on any atom is -0.450 e. The third-order valence-corrected chi connectivity index (χ3v) is 5.00. The number of para-hydroxylation sites is 1. The number of aromatic nitrogens is 2. The van der Waals surface area contributed by atoms with E-state index in [9.17, 15) is 4.79 Å². The molecule has 0 spiro atoms. The summed E-state index contributed by atoms with van der Waals surface area (Å²) in [5.41, 5.74) is 5.03. The molecule has 26 heavy (non-hydrogen) atoms. The highest BCUT2D eigenvalue weighted by molar-refractivity contribution is 5.86. The molecule has 0 saturated carbocycles. The average molecular weight is 349 g/mol. The highest BCUT2D eigenvalue weighted by atomic mass is 16.6. The maximum atomic E-state index is 12.3. The second-order valence-corrected chi connectivity index (χ2v) is 6.61. The van der Waals surface area contributed by atoms with Gasteiger partial charge in [0, 0.05) is 47.6 Å². The van der Waals surface area contributed by atoms with Gasteiger partial charge in [-0.3, -0.25) is 4.98 Å². The number of pyridine rings is 1. The van der Waals surface area contributed by atoms with Crippen LogP contribution in [0.5, 0.6) is 0 Å². The number of benzene rings is 1. The van der Waals surface area contributed by atoms with Crippen molar-refractivity contribution in [3.8, 4) is 0 Å². The van der Waals surface area contributed by atoms with E-state index in [4.69, 9.17) is 4.74 Å². The molecule has 0 radical (unpaired) electrons. The van der Waals surface area contributed by atoms with E-state index < -0.39 is 0 Å². The van der Waals surface area contributed by atoms with Crippen LogP contribution >= 0.6 is 0 Å². The number of carbonyl (C=O) groups is 1. The van der Waals surface area contributed by atoms with Crippen molar-refractivity contribution in [3.63, 3.8) is 0 Å². The predicted molar refractivity (Wildman–Crippen MR) is 101 cm³/mol. The first kappa shape index (κ1) is 16.6. The number of hydrogen-bond acceptors (Lipinski definition) is 3. The highest BCUT2D eigenvalue weighted by Gasteiger charge is 2.25. The Kier molecular flexibility index (Phi) is 4.61. The molecule has 1 amide bonds. The van der Waals surface area contributed by atoms with Crippen LogP contribution in [0.1, 0.15) is 30.2 Å². The van der Waals surface area contributed by atoms with Crippen molar-refractivity contribution in [2.75, 3.05) is 13.2 Å². The molecule has 134 valence electrons. The molecule has 3 aromatic rings. The number of amides is 1. The summed E-state index contributed by atoms with van der Waals surface area (Å²) in [6.07, 6.45) is 5.36. The van der Waals surface area contributed by atoms with E-state index >= 15 is 0 Å². The van der Waals surface area contributed by atoms with Crippen LogP contribution in [-0.4, -0.2) is 33.7 Å². The van der Waals surface area contributed by atoms with Gasteiger partial charge < -0.3 is 14.2 Å². The van der Waals surface area contributed by atoms with Gasteiger partial charge in [0.05, 0.1) is 13.2 Å². The van der Waals surface area contributed by atoms with Crippen LogP contribution < -0.4 is 0 Å². The van der Waals surface area contributed by atoms with Crippen molar-refractivity contribution in [2.45, 2.75) is 32.9 Å². The number of fused-ring (bicyclic) bond motifs is 3. The fourth-order valence-corrected chi connectivity index (χ4v) is 3.82. The molecular formula is C21H23N3O2. The van der Waals surface area contributed by atoms with Crippen LogP contribution in [0.2, 0.25) is 0 Å². The molecule has 0 unspecified atom stereocenters. The maximum absolute atomic E-state index is 12.3. The molecule has 1 aliphatic rings. The van der Waals surface area contributed by atoms with Crippen molar-refractivity contribution in [1.29, 1.82) is 0 Å². The molecule has 1 aliphatic heterocycles. The van der Waals surface area contributed by atoms with Gasteiger partial charge in [0.25, 0.3) is 0 Å². The molecule has 1 aromatic carbocycles. The van der Waals surface area contributed by atoms with Crippen molar-refractivity contribution >= 4 is 17.0 Å². The summed E-state index contributed by atoms with van der Waals surface area (Å²) in [6.45, 7) is 4.42. The maximum Gasteiger partial charge on any atom is 0.410 e. The SMILES string of the molecule is CCOC(=O)N1CCCc2c(c3ccccc3n2Cc2ccncc2)C1. The lowest BCUT2D eigenvalue weighted by Crippen LogP contribution is -2.31. The van der Waals surface area contributed by atoms with E-state index in [1.165, 1.54) is 27.7 Å². The first-order chi connectivity index (χ1) is 12.8. The second-order valence-electron chi connectivity index (χ2n) is 6.61. The molecule has 5 nitrogen and oxygen atoms in total. The molecule has 3 heterocycles. The molecule has 0 bridgehead atoms. The van der Waals surface area contributed by atoms with Crippen LogP contribution in [0.3, 0.4) is 0 Å². The van der Waals surface area contributed by atoms with Gasteiger partial charge in [-0.15, -0.1) is 0 Å². The molecule has 2 aromatic heterocycles. The Bertz CT molecular complexity index is 918. The first-order valence-corrected chi connectivity index (χ1v) is 9.17. The predicted octanol–water partition coefficient (Wildman–Crippen LogP) is 3.99. The monoisotopic (exact) mass is 349 g/mol. The van der Waals surface area contributed by atoms with Crippen LogP contribution in [-0.2, 0) is 24.2 Å². The van der Waals surface area contributed by atoms with E-state index in [2.05, 4.69) is 45.9 Å². The third-order valence-electron chi connectivity index (χ3n) is 5.00. The first-order valence-electron chi connectivity index (χ1n) is 9.17. The zero-order valence-corrected chi connectivity index (χ0v) is 15.0. The van der Waals surface area contributed by atoms with Gasteiger partial charge >= 0.3 is 6.09 Å². The Labute approximate surface area is 153 Å². The van der Waals surface area contributed by atoms with Gasteiger partial charge in [-0.2, -0.15) is 0 Å². The minimum atomic E-state index is -0.216. The summed E-state index contributed by atoms with van der Waals surface area (Å²) < 4.78 is 7.64.